The highest BCUT2D eigenvalue weighted by molar-refractivity contribution is 5.04. The molecule has 2 atom stereocenters. The van der Waals surface area contributed by atoms with Crippen LogP contribution in [0.2, 0.25) is 0 Å². The van der Waals surface area contributed by atoms with Gasteiger partial charge in [-0.25, -0.2) is 0 Å². The minimum Gasteiger partial charge on any atom is -0.393 e. The van der Waals surface area contributed by atoms with Crippen molar-refractivity contribution in [3.8, 4) is 0 Å². The van der Waals surface area contributed by atoms with Gasteiger partial charge in [-0.15, -0.1) is 0 Å². The fourth-order valence-electron chi connectivity index (χ4n) is 4.66. The van der Waals surface area contributed by atoms with E-state index in [4.69, 9.17) is 0 Å². The molecule has 2 rings (SSSR count). The van der Waals surface area contributed by atoms with Crippen LogP contribution in [0.5, 0.6) is 0 Å². The molecule has 1 saturated heterocycles. The van der Waals surface area contributed by atoms with Crippen LogP contribution < -0.4 is 0 Å². The van der Waals surface area contributed by atoms with Gasteiger partial charge in [0.15, 0.2) is 0 Å². The number of piperidine rings is 1. The zero-order chi connectivity index (χ0) is 15.1. The first-order chi connectivity index (χ1) is 9.14. The molecule has 0 bridgehead atoms. The van der Waals surface area contributed by atoms with E-state index < -0.39 is 0 Å². The van der Waals surface area contributed by atoms with Gasteiger partial charge < -0.3 is 5.11 Å². The summed E-state index contributed by atoms with van der Waals surface area (Å²) in [6.45, 7) is 11.6. The molecule has 0 aromatic carbocycles. The second-order valence-electron chi connectivity index (χ2n) is 8.76. The molecule has 0 spiro atoms. The lowest BCUT2D eigenvalue weighted by molar-refractivity contribution is -0.119. The van der Waals surface area contributed by atoms with E-state index in [1.165, 1.54) is 32.1 Å². The standard InChI is InChI=1S/C18H35NO/c1-13-7-9-14(10-8-13)11-15-16(20)12-17(2,3)19(6)18(15,4)5/h13-16,20H,7-12H2,1-6H3. The second kappa shape index (κ2) is 5.61. The van der Waals surface area contributed by atoms with Crippen LogP contribution in [-0.2, 0) is 0 Å². The molecule has 2 heteroatoms. The van der Waals surface area contributed by atoms with Crippen LogP contribution in [0.4, 0.5) is 0 Å². The number of hydrogen-bond donors (Lipinski definition) is 1. The third-order valence-corrected chi connectivity index (χ3v) is 6.58. The van der Waals surface area contributed by atoms with Crippen molar-refractivity contribution < 1.29 is 5.11 Å². The molecule has 2 unspecified atom stereocenters. The zero-order valence-corrected chi connectivity index (χ0v) is 14.4. The topological polar surface area (TPSA) is 23.5 Å². The molecule has 2 fully saturated rings. The Morgan fingerprint density at radius 3 is 2.15 bits per heavy atom. The third kappa shape index (κ3) is 3.06. The summed E-state index contributed by atoms with van der Waals surface area (Å²) in [5.74, 6) is 2.16. The Morgan fingerprint density at radius 2 is 1.60 bits per heavy atom. The third-order valence-electron chi connectivity index (χ3n) is 6.58. The monoisotopic (exact) mass is 281 g/mol. The van der Waals surface area contributed by atoms with Crippen LogP contribution in [0.3, 0.4) is 0 Å². The van der Waals surface area contributed by atoms with Gasteiger partial charge in [-0.05, 0) is 59.4 Å². The molecule has 1 saturated carbocycles. The summed E-state index contributed by atoms with van der Waals surface area (Å²) in [6, 6.07) is 0. The van der Waals surface area contributed by atoms with E-state index in [9.17, 15) is 5.11 Å². The van der Waals surface area contributed by atoms with Crippen molar-refractivity contribution in [3.63, 3.8) is 0 Å². The van der Waals surface area contributed by atoms with E-state index in [2.05, 4.69) is 46.6 Å². The Balaban J connectivity index is 2.06. The van der Waals surface area contributed by atoms with Gasteiger partial charge in [-0.3, -0.25) is 4.90 Å². The highest BCUT2D eigenvalue weighted by Gasteiger charge is 2.49. The molecule has 0 aromatic rings. The Labute approximate surface area is 125 Å². The fraction of sp³-hybridized carbons (Fsp3) is 1.00. The summed E-state index contributed by atoms with van der Waals surface area (Å²) in [4.78, 5) is 2.50. The van der Waals surface area contributed by atoms with Gasteiger partial charge in [0.25, 0.3) is 0 Å². The average Bonchev–Trinajstić information content (AvgIpc) is 2.34. The van der Waals surface area contributed by atoms with Crippen LogP contribution in [0, 0.1) is 17.8 Å². The minimum atomic E-state index is -0.143. The molecule has 20 heavy (non-hydrogen) atoms. The van der Waals surface area contributed by atoms with Gasteiger partial charge in [-0.2, -0.15) is 0 Å². The van der Waals surface area contributed by atoms with Crippen LogP contribution in [0.25, 0.3) is 0 Å². The Kier molecular flexibility index (Phi) is 4.57. The maximum Gasteiger partial charge on any atom is 0.0603 e. The number of aliphatic hydroxyl groups is 1. The number of aliphatic hydroxyl groups excluding tert-OH is 1. The molecule has 118 valence electrons. The quantitative estimate of drug-likeness (QED) is 0.824. The molecule has 0 amide bonds. The van der Waals surface area contributed by atoms with E-state index in [1.807, 2.05) is 0 Å². The van der Waals surface area contributed by atoms with E-state index in [1.54, 1.807) is 0 Å². The van der Waals surface area contributed by atoms with Crippen molar-refractivity contribution in [2.45, 2.75) is 90.3 Å². The maximum absolute atomic E-state index is 10.7. The zero-order valence-electron chi connectivity index (χ0n) is 14.4. The van der Waals surface area contributed by atoms with Crippen LogP contribution in [-0.4, -0.2) is 34.2 Å². The average molecular weight is 281 g/mol. The summed E-state index contributed by atoms with van der Waals surface area (Å²) in [5.41, 5.74) is 0.185. The minimum absolute atomic E-state index is 0.0875. The molecular formula is C18H35NO. The number of nitrogens with zero attached hydrogens (tertiary/aromatic N) is 1. The molecule has 0 aromatic heterocycles. The summed E-state index contributed by atoms with van der Waals surface area (Å²) < 4.78 is 0. The maximum atomic E-state index is 10.7. The summed E-state index contributed by atoms with van der Waals surface area (Å²) in [6.07, 6.45) is 7.48. The summed E-state index contributed by atoms with van der Waals surface area (Å²) in [7, 11) is 2.24. The van der Waals surface area contributed by atoms with Crippen molar-refractivity contribution in [1.29, 1.82) is 0 Å². The second-order valence-corrected chi connectivity index (χ2v) is 8.76. The van der Waals surface area contributed by atoms with Crippen LogP contribution >= 0.6 is 0 Å². The molecule has 1 N–H and O–H groups in total. The Morgan fingerprint density at radius 1 is 1.05 bits per heavy atom. The lowest BCUT2D eigenvalue weighted by atomic mass is 9.66. The van der Waals surface area contributed by atoms with Gasteiger partial charge in [0.2, 0.25) is 0 Å². The van der Waals surface area contributed by atoms with Crippen molar-refractivity contribution >= 4 is 0 Å². The van der Waals surface area contributed by atoms with Gasteiger partial charge >= 0.3 is 0 Å². The molecule has 2 nitrogen and oxygen atoms in total. The van der Waals surface area contributed by atoms with E-state index in [0.717, 1.165) is 18.3 Å². The fourth-order valence-corrected chi connectivity index (χ4v) is 4.66. The van der Waals surface area contributed by atoms with E-state index in [-0.39, 0.29) is 17.2 Å². The molecule has 0 radical (unpaired) electrons. The number of rotatable bonds is 2. The molecule has 1 heterocycles. The molecule has 1 aliphatic heterocycles. The smallest absolute Gasteiger partial charge is 0.0603 e. The van der Waals surface area contributed by atoms with Gasteiger partial charge in [0.1, 0.15) is 0 Å². The van der Waals surface area contributed by atoms with Crippen molar-refractivity contribution in [2.24, 2.45) is 17.8 Å². The molecular weight excluding hydrogens is 246 g/mol. The van der Waals surface area contributed by atoms with Gasteiger partial charge in [0.05, 0.1) is 6.10 Å². The summed E-state index contributed by atoms with van der Waals surface area (Å²) >= 11 is 0. The van der Waals surface area contributed by atoms with Crippen molar-refractivity contribution in [2.75, 3.05) is 7.05 Å². The highest BCUT2D eigenvalue weighted by atomic mass is 16.3. The Hall–Kier alpha value is -0.0800. The number of likely N-dealkylation sites (tertiary alicyclic amines) is 1. The first-order valence-electron chi connectivity index (χ1n) is 8.56. The van der Waals surface area contributed by atoms with Crippen molar-refractivity contribution in [1.82, 2.24) is 4.90 Å². The first kappa shape index (κ1) is 16.3. The molecule has 2 aliphatic rings. The van der Waals surface area contributed by atoms with Gasteiger partial charge in [0, 0.05) is 17.0 Å². The largest absolute Gasteiger partial charge is 0.393 e. The SMILES string of the molecule is CC1CCC(CC2C(O)CC(C)(C)N(C)C2(C)C)CC1. The van der Waals surface area contributed by atoms with Crippen LogP contribution in [0.1, 0.15) is 73.1 Å². The lowest BCUT2D eigenvalue weighted by Gasteiger charge is -2.57. The summed E-state index contributed by atoms with van der Waals surface area (Å²) in [5, 5.41) is 10.7. The van der Waals surface area contributed by atoms with E-state index >= 15 is 0 Å². The van der Waals surface area contributed by atoms with Gasteiger partial charge in [-0.1, -0.05) is 32.6 Å². The first-order valence-corrected chi connectivity index (χ1v) is 8.56. The predicted octanol–water partition coefficient (Wildman–Crippen LogP) is 4.07. The molecule has 1 aliphatic carbocycles. The lowest BCUT2D eigenvalue weighted by Crippen LogP contribution is -2.65. The van der Waals surface area contributed by atoms with E-state index in [0.29, 0.717) is 5.92 Å². The van der Waals surface area contributed by atoms with Crippen molar-refractivity contribution in [3.05, 3.63) is 0 Å². The highest BCUT2D eigenvalue weighted by Crippen LogP contribution is 2.45. The van der Waals surface area contributed by atoms with Crippen LogP contribution in [0.15, 0.2) is 0 Å². The predicted molar refractivity (Wildman–Crippen MR) is 85.8 cm³/mol. The number of hydrogen-bond acceptors (Lipinski definition) is 2. The normalized spacial score (nSPS) is 41.5. The Bertz CT molecular complexity index is 328.